The highest BCUT2D eigenvalue weighted by Gasteiger charge is 2.29. The van der Waals surface area contributed by atoms with E-state index in [0.29, 0.717) is 11.3 Å². The Balaban J connectivity index is 1.68. The van der Waals surface area contributed by atoms with Crippen molar-refractivity contribution in [3.05, 3.63) is 71.4 Å². The molecule has 0 atom stereocenters. The number of aliphatic carboxylic acids is 1. The van der Waals surface area contributed by atoms with Gasteiger partial charge >= 0.3 is 11.9 Å². The van der Waals surface area contributed by atoms with Crippen molar-refractivity contribution in [3.63, 3.8) is 0 Å². The standard InChI is InChI=1S/C25H28N2O5/c1-5-14-27-20(15-22(26-27)18-8-6-17(2)7-9-18)16-31-23(28)19-10-12-21(13-11-19)32-25(3,4)24(29)30/h6-13,15H,5,14,16H2,1-4H3,(H,29,30). The fraction of sp³-hybridized carbons (Fsp3) is 0.320. The SMILES string of the molecule is CCCn1nc(-c2ccc(C)cc2)cc1COC(=O)c1ccc(OC(C)(C)C(=O)O)cc1. The van der Waals surface area contributed by atoms with E-state index in [9.17, 15) is 9.59 Å². The Labute approximate surface area is 187 Å². The molecule has 0 aliphatic rings. The second kappa shape index (κ2) is 9.68. The van der Waals surface area contributed by atoms with E-state index in [1.165, 1.54) is 19.4 Å². The number of hydrogen-bond acceptors (Lipinski definition) is 5. The zero-order chi connectivity index (χ0) is 23.3. The van der Waals surface area contributed by atoms with Crippen LogP contribution in [0.25, 0.3) is 11.3 Å². The molecule has 3 aromatic rings. The summed E-state index contributed by atoms with van der Waals surface area (Å²) in [5, 5.41) is 13.8. The Kier molecular flexibility index (Phi) is 6.98. The molecule has 0 saturated carbocycles. The molecule has 0 radical (unpaired) electrons. The topological polar surface area (TPSA) is 90.7 Å². The highest BCUT2D eigenvalue weighted by Crippen LogP contribution is 2.22. The molecule has 32 heavy (non-hydrogen) atoms. The molecule has 0 aliphatic heterocycles. The van der Waals surface area contributed by atoms with Gasteiger partial charge in [-0.15, -0.1) is 0 Å². The lowest BCUT2D eigenvalue weighted by Crippen LogP contribution is -2.37. The van der Waals surface area contributed by atoms with Crippen molar-refractivity contribution in [1.29, 1.82) is 0 Å². The number of ether oxygens (including phenoxy) is 2. The average molecular weight is 437 g/mol. The molecule has 3 rings (SSSR count). The molecule has 0 fully saturated rings. The van der Waals surface area contributed by atoms with Crippen molar-refractivity contribution in [2.45, 2.75) is 52.9 Å². The molecule has 2 aromatic carbocycles. The summed E-state index contributed by atoms with van der Waals surface area (Å²) in [6, 6.07) is 16.3. The maximum atomic E-state index is 12.5. The number of carbonyl (C=O) groups is 2. The Morgan fingerprint density at radius 3 is 2.31 bits per heavy atom. The average Bonchev–Trinajstić information content (AvgIpc) is 3.15. The van der Waals surface area contributed by atoms with E-state index in [2.05, 4.69) is 12.0 Å². The van der Waals surface area contributed by atoms with E-state index in [1.54, 1.807) is 24.3 Å². The molecule has 1 N–H and O–H groups in total. The Morgan fingerprint density at radius 1 is 1.06 bits per heavy atom. The quantitative estimate of drug-likeness (QED) is 0.482. The van der Waals surface area contributed by atoms with Gasteiger partial charge in [0, 0.05) is 12.1 Å². The molecule has 0 saturated heterocycles. The minimum atomic E-state index is -1.37. The summed E-state index contributed by atoms with van der Waals surface area (Å²) in [5.41, 5.74) is 2.84. The first-order valence-corrected chi connectivity index (χ1v) is 10.5. The van der Waals surface area contributed by atoms with Crippen molar-refractivity contribution in [1.82, 2.24) is 9.78 Å². The lowest BCUT2D eigenvalue weighted by atomic mass is 10.1. The Bertz CT molecular complexity index is 1080. The van der Waals surface area contributed by atoms with Gasteiger partial charge in [0.1, 0.15) is 12.4 Å². The molecule has 0 spiro atoms. The lowest BCUT2D eigenvalue weighted by Gasteiger charge is -2.21. The van der Waals surface area contributed by atoms with Gasteiger partial charge in [-0.25, -0.2) is 9.59 Å². The summed E-state index contributed by atoms with van der Waals surface area (Å²) in [6.07, 6.45) is 0.907. The summed E-state index contributed by atoms with van der Waals surface area (Å²) in [4.78, 5) is 23.7. The summed E-state index contributed by atoms with van der Waals surface area (Å²) < 4.78 is 12.8. The molecule has 0 amide bonds. The number of hydrogen-bond donors (Lipinski definition) is 1. The molecule has 0 bridgehead atoms. The minimum Gasteiger partial charge on any atom is -0.478 e. The first-order chi connectivity index (χ1) is 15.2. The molecule has 1 heterocycles. The molecular weight excluding hydrogens is 408 g/mol. The number of nitrogens with zero attached hydrogens (tertiary/aromatic N) is 2. The summed E-state index contributed by atoms with van der Waals surface area (Å²) in [6.45, 7) is 7.85. The fourth-order valence-electron chi connectivity index (χ4n) is 3.06. The van der Waals surface area contributed by atoms with Crippen LogP contribution in [0.15, 0.2) is 54.6 Å². The number of carboxylic acid groups (broad SMARTS) is 1. The van der Waals surface area contributed by atoms with E-state index in [1.807, 2.05) is 41.9 Å². The monoisotopic (exact) mass is 436 g/mol. The van der Waals surface area contributed by atoms with Crippen LogP contribution in [0.1, 0.15) is 48.8 Å². The molecule has 7 nitrogen and oxygen atoms in total. The number of carbonyl (C=O) groups excluding carboxylic acids is 1. The van der Waals surface area contributed by atoms with Crippen LogP contribution >= 0.6 is 0 Å². The van der Waals surface area contributed by atoms with Gasteiger partial charge in [-0.05, 0) is 57.5 Å². The molecular formula is C25H28N2O5. The lowest BCUT2D eigenvalue weighted by molar-refractivity contribution is -0.152. The van der Waals surface area contributed by atoms with Gasteiger partial charge in [0.2, 0.25) is 0 Å². The largest absolute Gasteiger partial charge is 0.478 e. The molecule has 168 valence electrons. The Hall–Kier alpha value is -3.61. The van der Waals surface area contributed by atoms with Gasteiger partial charge in [0.05, 0.1) is 17.0 Å². The van der Waals surface area contributed by atoms with Crippen molar-refractivity contribution in [3.8, 4) is 17.0 Å². The summed E-state index contributed by atoms with van der Waals surface area (Å²) >= 11 is 0. The van der Waals surface area contributed by atoms with Crippen molar-refractivity contribution >= 4 is 11.9 Å². The zero-order valence-corrected chi connectivity index (χ0v) is 18.8. The van der Waals surface area contributed by atoms with Crippen LogP contribution in [-0.2, 0) is 22.7 Å². The molecule has 0 unspecified atom stereocenters. The van der Waals surface area contributed by atoms with Crippen LogP contribution in [0.5, 0.6) is 5.75 Å². The number of aromatic nitrogens is 2. The van der Waals surface area contributed by atoms with E-state index in [0.717, 1.165) is 29.9 Å². The van der Waals surface area contributed by atoms with Crippen LogP contribution in [-0.4, -0.2) is 32.4 Å². The zero-order valence-electron chi connectivity index (χ0n) is 18.8. The first kappa shape index (κ1) is 23.1. The second-order valence-corrected chi connectivity index (χ2v) is 8.13. The number of benzene rings is 2. The molecule has 0 aliphatic carbocycles. The van der Waals surface area contributed by atoms with Gasteiger partial charge in [-0.1, -0.05) is 36.8 Å². The van der Waals surface area contributed by atoms with Crippen LogP contribution in [0.2, 0.25) is 0 Å². The Morgan fingerprint density at radius 2 is 1.72 bits per heavy atom. The maximum absolute atomic E-state index is 12.5. The van der Waals surface area contributed by atoms with Crippen LogP contribution in [0, 0.1) is 6.92 Å². The van der Waals surface area contributed by atoms with E-state index < -0.39 is 17.5 Å². The van der Waals surface area contributed by atoms with E-state index in [4.69, 9.17) is 14.6 Å². The van der Waals surface area contributed by atoms with Crippen LogP contribution < -0.4 is 4.74 Å². The van der Waals surface area contributed by atoms with Gasteiger partial charge in [-0.2, -0.15) is 5.10 Å². The number of esters is 1. The number of carboxylic acids is 1. The summed E-state index contributed by atoms with van der Waals surface area (Å²) in [7, 11) is 0. The first-order valence-electron chi connectivity index (χ1n) is 10.5. The van der Waals surface area contributed by atoms with E-state index in [-0.39, 0.29) is 6.61 Å². The normalized spacial score (nSPS) is 11.2. The minimum absolute atomic E-state index is 0.0992. The van der Waals surface area contributed by atoms with Gasteiger partial charge < -0.3 is 14.6 Å². The van der Waals surface area contributed by atoms with Crippen molar-refractivity contribution in [2.75, 3.05) is 0 Å². The number of aryl methyl sites for hydroxylation is 2. The predicted octanol–water partition coefficient (Wildman–Crippen LogP) is 4.87. The third-order valence-corrected chi connectivity index (χ3v) is 4.98. The van der Waals surface area contributed by atoms with Crippen molar-refractivity contribution in [2.24, 2.45) is 0 Å². The predicted molar refractivity (Wildman–Crippen MR) is 121 cm³/mol. The molecule has 7 heteroatoms. The van der Waals surface area contributed by atoms with Gasteiger partial charge in [0.25, 0.3) is 0 Å². The fourth-order valence-corrected chi connectivity index (χ4v) is 3.06. The summed E-state index contributed by atoms with van der Waals surface area (Å²) in [5.74, 6) is -1.19. The van der Waals surface area contributed by atoms with Crippen LogP contribution in [0.4, 0.5) is 0 Å². The number of rotatable bonds is 9. The smallest absolute Gasteiger partial charge is 0.347 e. The third-order valence-electron chi connectivity index (χ3n) is 4.98. The van der Waals surface area contributed by atoms with Gasteiger partial charge in [-0.3, -0.25) is 4.68 Å². The maximum Gasteiger partial charge on any atom is 0.347 e. The highest BCUT2D eigenvalue weighted by atomic mass is 16.5. The second-order valence-electron chi connectivity index (χ2n) is 8.13. The molecule has 1 aromatic heterocycles. The highest BCUT2D eigenvalue weighted by molar-refractivity contribution is 5.89. The van der Waals surface area contributed by atoms with E-state index >= 15 is 0 Å². The van der Waals surface area contributed by atoms with Crippen molar-refractivity contribution < 1.29 is 24.2 Å². The third kappa shape index (κ3) is 5.55. The van der Waals surface area contributed by atoms with Gasteiger partial charge in [0.15, 0.2) is 5.60 Å². The van der Waals surface area contributed by atoms with Crippen LogP contribution in [0.3, 0.4) is 0 Å².